The molecule has 0 saturated carbocycles. The van der Waals surface area contributed by atoms with Crippen LogP contribution >= 0.6 is 22.6 Å². The van der Waals surface area contributed by atoms with E-state index in [-0.39, 0.29) is 0 Å². The van der Waals surface area contributed by atoms with Crippen molar-refractivity contribution < 1.29 is 0 Å². The summed E-state index contributed by atoms with van der Waals surface area (Å²) < 4.78 is 1.10. The largest absolute Gasteiger partial charge is 0.369 e. The molecule has 0 aliphatic rings. The second kappa shape index (κ2) is 6.47. The van der Waals surface area contributed by atoms with E-state index in [0.717, 1.165) is 38.7 Å². The van der Waals surface area contributed by atoms with Crippen molar-refractivity contribution in [3.05, 3.63) is 33.3 Å². The van der Waals surface area contributed by atoms with Gasteiger partial charge in [-0.1, -0.05) is 13.8 Å². The molecule has 4 nitrogen and oxygen atoms in total. The molecule has 0 aliphatic carbocycles. The maximum absolute atomic E-state index is 4.72. The average Bonchev–Trinajstić information content (AvgIpc) is 2.42. The first-order chi connectivity index (χ1) is 9.52. The number of rotatable bonds is 4. The van der Waals surface area contributed by atoms with E-state index in [0.29, 0.717) is 5.92 Å². The highest BCUT2D eigenvalue weighted by Gasteiger charge is 2.15. The molecule has 2 heterocycles. The third-order valence-corrected chi connectivity index (χ3v) is 4.00. The van der Waals surface area contributed by atoms with Gasteiger partial charge in [0.05, 0.1) is 9.26 Å². The molecule has 0 unspecified atom stereocenters. The van der Waals surface area contributed by atoms with Gasteiger partial charge in [-0.15, -0.1) is 0 Å². The van der Waals surface area contributed by atoms with Crippen molar-refractivity contribution in [2.45, 2.75) is 33.6 Å². The Morgan fingerprint density at radius 3 is 2.55 bits per heavy atom. The molecule has 0 bridgehead atoms. The van der Waals surface area contributed by atoms with Gasteiger partial charge >= 0.3 is 0 Å². The fourth-order valence-corrected chi connectivity index (χ4v) is 2.92. The van der Waals surface area contributed by atoms with Gasteiger partial charge < -0.3 is 5.32 Å². The lowest BCUT2D eigenvalue weighted by Gasteiger charge is -2.14. The van der Waals surface area contributed by atoms with Crippen molar-refractivity contribution in [1.82, 2.24) is 15.0 Å². The summed E-state index contributed by atoms with van der Waals surface area (Å²) >= 11 is 2.32. The van der Waals surface area contributed by atoms with Crippen LogP contribution in [0.15, 0.2) is 18.3 Å². The van der Waals surface area contributed by atoms with Gasteiger partial charge in [-0.25, -0.2) is 9.97 Å². The van der Waals surface area contributed by atoms with Crippen LogP contribution in [0.1, 0.15) is 38.1 Å². The van der Waals surface area contributed by atoms with Gasteiger partial charge in [0, 0.05) is 24.0 Å². The van der Waals surface area contributed by atoms with Crippen molar-refractivity contribution in [3.8, 4) is 11.4 Å². The van der Waals surface area contributed by atoms with Gasteiger partial charge in [-0.3, -0.25) is 4.98 Å². The maximum Gasteiger partial charge on any atom is 0.163 e. The van der Waals surface area contributed by atoms with Crippen molar-refractivity contribution in [3.63, 3.8) is 0 Å². The van der Waals surface area contributed by atoms with E-state index in [9.17, 15) is 0 Å². The van der Waals surface area contributed by atoms with E-state index in [1.54, 1.807) is 0 Å². The first kappa shape index (κ1) is 15.2. The van der Waals surface area contributed by atoms with Crippen LogP contribution in [0.5, 0.6) is 0 Å². The van der Waals surface area contributed by atoms with E-state index in [2.05, 4.69) is 58.6 Å². The lowest BCUT2D eigenvalue weighted by atomic mass is 10.1. The minimum atomic E-state index is 0.361. The molecule has 0 saturated heterocycles. The first-order valence-electron chi connectivity index (χ1n) is 6.77. The zero-order valence-electron chi connectivity index (χ0n) is 12.2. The van der Waals surface area contributed by atoms with Crippen LogP contribution in [0, 0.1) is 10.5 Å². The summed E-state index contributed by atoms with van der Waals surface area (Å²) in [7, 11) is 0. The first-order valence-corrected chi connectivity index (χ1v) is 7.85. The molecule has 0 radical (unpaired) electrons. The van der Waals surface area contributed by atoms with Gasteiger partial charge in [0.25, 0.3) is 0 Å². The van der Waals surface area contributed by atoms with Crippen molar-refractivity contribution >= 4 is 28.4 Å². The van der Waals surface area contributed by atoms with Crippen molar-refractivity contribution in [2.75, 3.05) is 11.9 Å². The Labute approximate surface area is 133 Å². The Morgan fingerprint density at radius 2 is 2.00 bits per heavy atom. The second-order valence-corrected chi connectivity index (χ2v) is 6.05. The summed E-state index contributed by atoms with van der Waals surface area (Å²) in [6, 6.07) is 4.00. The maximum atomic E-state index is 4.72. The van der Waals surface area contributed by atoms with Crippen LogP contribution in [0.2, 0.25) is 0 Å². The molecule has 20 heavy (non-hydrogen) atoms. The van der Waals surface area contributed by atoms with E-state index in [1.165, 1.54) is 0 Å². The number of anilines is 1. The molecule has 0 aliphatic heterocycles. The van der Waals surface area contributed by atoms with Crippen LogP contribution < -0.4 is 5.32 Å². The summed E-state index contributed by atoms with van der Waals surface area (Å²) in [6.07, 6.45) is 1.83. The van der Waals surface area contributed by atoms with Crippen molar-refractivity contribution in [2.24, 2.45) is 0 Å². The standard InChI is InChI=1S/C15H19IN4/c1-5-17-15-12(16)13(9(2)3)19-14(20-15)11-7-6-10(4)18-8-11/h6-9H,5H2,1-4H3,(H,17,19,20). The zero-order valence-corrected chi connectivity index (χ0v) is 14.4. The number of hydrogen-bond donors (Lipinski definition) is 1. The van der Waals surface area contributed by atoms with Gasteiger partial charge in [-0.2, -0.15) is 0 Å². The van der Waals surface area contributed by atoms with E-state index < -0.39 is 0 Å². The molecule has 5 heteroatoms. The van der Waals surface area contributed by atoms with Gasteiger partial charge in [0.15, 0.2) is 5.82 Å². The SMILES string of the molecule is CCNc1nc(-c2ccc(C)nc2)nc(C(C)C)c1I. The number of halogens is 1. The van der Waals surface area contributed by atoms with E-state index in [4.69, 9.17) is 4.98 Å². The number of aromatic nitrogens is 3. The Balaban J connectivity index is 2.55. The van der Waals surface area contributed by atoms with Crippen LogP contribution in [0.4, 0.5) is 5.82 Å². The minimum absolute atomic E-state index is 0.361. The highest BCUT2D eigenvalue weighted by molar-refractivity contribution is 14.1. The average molecular weight is 382 g/mol. The van der Waals surface area contributed by atoms with Gasteiger partial charge in [0.2, 0.25) is 0 Å². The molecule has 106 valence electrons. The Kier molecular flexibility index (Phi) is 4.91. The van der Waals surface area contributed by atoms with Crippen LogP contribution in [-0.4, -0.2) is 21.5 Å². The monoisotopic (exact) mass is 382 g/mol. The fourth-order valence-electron chi connectivity index (χ4n) is 1.86. The van der Waals surface area contributed by atoms with E-state index >= 15 is 0 Å². The Morgan fingerprint density at radius 1 is 1.25 bits per heavy atom. The lowest BCUT2D eigenvalue weighted by Crippen LogP contribution is -2.09. The summed E-state index contributed by atoms with van der Waals surface area (Å²) in [6.45, 7) is 9.19. The normalized spacial score (nSPS) is 10.9. The number of nitrogens with zero attached hydrogens (tertiary/aromatic N) is 3. The summed E-state index contributed by atoms with van der Waals surface area (Å²) in [4.78, 5) is 13.7. The molecule has 2 rings (SSSR count). The number of pyridine rings is 1. The molecule has 2 aromatic rings. The fraction of sp³-hybridized carbons (Fsp3) is 0.400. The third-order valence-electron chi connectivity index (χ3n) is 2.94. The molecular weight excluding hydrogens is 363 g/mol. The van der Waals surface area contributed by atoms with Gasteiger partial charge in [-0.05, 0) is 54.5 Å². The molecule has 1 N–H and O–H groups in total. The smallest absolute Gasteiger partial charge is 0.163 e. The quantitative estimate of drug-likeness (QED) is 0.812. The predicted octanol–water partition coefficient (Wildman–Crippen LogP) is 4.01. The summed E-state index contributed by atoms with van der Waals surface area (Å²) in [5, 5.41) is 3.31. The Hall–Kier alpha value is -1.24. The summed E-state index contributed by atoms with van der Waals surface area (Å²) in [5.41, 5.74) is 3.02. The predicted molar refractivity (Wildman–Crippen MR) is 91.0 cm³/mol. The highest BCUT2D eigenvalue weighted by atomic mass is 127. The minimum Gasteiger partial charge on any atom is -0.369 e. The summed E-state index contributed by atoms with van der Waals surface area (Å²) in [5.74, 6) is 2.00. The van der Waals surface area contributed by atoms with E-state index in [1.807, 2.05) is 25.3 Å². The molecule has 0 amide bonds. The topological polar surface area (TPSA) is 50.7 Å². The van der Waals surface area contributed by atoms with Crippen LogP contribution in [0.25, 0.3) is 11.4 Å². The second-order valence-electron chi connectivity index (χ2n) is 4.97. The number of hydrogen-bond acceptors (Lipinski definition) is 4. The molecular formula is C15H19IN4. The van der Waals surface area contributed by atoms with Crippen LogP contribution in [0.3, 0.4) is 0 Å². The lowest BCUT2D eigenvalue weighted by molar-refractivity contribution is 0.808. The molecule has 0 atom stereocenters. The third kappa shape index (κ3) is 3.26. The molecule has 0 aromatic carbocycles. The molecule has 0 fully saturated rings. The highest BCUT2D eigenvalue weighted by Crippen LogP contribution is 2.28. The van der Waals surface area contributed by atoms with Crippen LogP contribution in [-0.2, 0) is 0 Å². The zero-order chi connectivity index (χ0) is 14.7. The molecule has 2 aromatic heterocycles. The van der Waals surface area contributed by atoms with Gasteiger partial charge in [0.1, 0.15) is 5.82 Å². The Bertz CT molecular complexity index is 594. The molecule has 0 spiro atoms. The number of nitrogens with one attached hydrogen (secondary N) is 1. The number of aryl methyl sites for hydroxylation is 1. The van der Waals surface area contributed by atoms with Crippen molar-refractivity contribution in [1.29, 1.82) is 0 Å².